The first kappa shape index (κ1) is 16.3. The molecule has 0 bridgehead atoms. The molecule has 1 nitrogen and oxygen atoms in total. The zero-order valence-corrected chi connectivity index (χ0v) is 14.9. The van der Waals surface area contributed by atoms with Crippen LogP contribution >= 0.6 is 15.9 Å². The predicted octanol–water partition coefficient (Wildman–Crippen LogP) is 5.46. The van der Waals surface area contributed by atoms with Crippen LogP contribution in [0.3, 0.4) is 0 Å². The van der Waals surface area contributed by atoms with Gasteiger partial charge in [-0.15, -0.1) is 0 Å². The summed E-state index contributed by atoms with van der Waals surface area (Å²) in [5.41, 5.74) is 6.76. The summed E-state index contributed by atoms with van der Waals surface area (Å²) in [5, 5.41) is 3.70. The van der Waals surface area contributed by atoms with Gasteiger partial charge in [-0.05, 0) is 73.7 Å². The fourth-order valence-corrected chi connectivity index (χ4v) is 3.09. The number of hydrogen-bond donors (Lipinski definition) is 1. The minimum Gasteiger partial charge on any atom is -0.306 e. The lowest BCUT2D eigenvalue weighted by Crippen LogP contribution is -2.24. The first-order valence-corrected chi connectivity index (χ1v) is 8.38. The van der Waals surface area contributed by atoms with Crippen molar-refractivity contribution in [3.8, 4) is 0 Å². The molecule has 0 amide bonds. The van der Waals surface area contributed by atoms with Crippen molar-refractivity contribution in [2.24, 2.45) is 0 Å². The van der Waals surface area contributed by atoms with E-state index in [0.717, 1.165) is 17.4 Å². The number of benzene rings is 2. The number of nitrogens with one attached hydrogen (secondary N) is 1. The van der Waals surface area contributed by atoms with Gasteiger partial charge in [0.15, 0.2) is 0 Å². The summed E-state index contributed by atoms with van der Waals surface area (Å²) < 4.78 is 1.13. The molecule has 1 atom stereocenters. The van der Waals surface area contributed by atoms with Gasteiger partial charge in [-0.3, -0.25) is 0 Å². The van der Waals surface area contributed by atoms with Crippen LogP contribution in [0.5, 0.6) is 0 Å². The average Bonchev–Trinajstić information content (AvgIpc) is 2.44. The van der Waals surface area contributed by atoms with Gasteiger partial charge in [0.1, 0.15) is 0 Å². The van der Waals surface area contributed by atoms with Gasteiger partial charge in [-0.2, -0.15) is 0 Å². The van der Waals surface area contributed by atoms with Crippen molar-refractivity contribution in [2.45, 2.75) is 40.2 Å². The van der Waals surface area contributed by atoms with Crippen molar-refractivity contribution in [3.05, 3.63) is 68.7 Å². The molecule has 2 rings (SSSR count). The highest BCUT2D eigenvalue weighted by atomic mass is 79.9. The Morgan fingerprint density at radius 2 is 1.71 bits per heavy atom. The minimum absolute atomic E-state index is 0.252. The van der Waals surface area contributed by atoms with Crippen LogP contribution in [-0.4, -0.2) is 6.54 Å². The van der Waals surface area contributed by atoms with Crippen LogP contribution in [0.2, 0.25) is 0 Å². The molecule has 0 aliphatic carbocycles. The van der Waals surface area contributed by atoms with Crippen molar-refractivity contribution < 1.29 is 0 Å². The van der Waals surface area contributed by atoms with E-state index in [1.807, 2.05) is 0 Å². The number of halogens is 1. The highest BCUT2D eigenvalue weighted by Crippen LogP contribution is 2.28. The molecule has 21 heavy (non-hydrogen) atoms. The molecule has 2 heteroatoms. The Kier molecular flexibility index (Phi) is 5.60. The lowest BCUT2D eigenvalue weighted by Gasteiger charge is -2.23. The van der Waals surface area contributed by atoms with Gasteiger partial charge < -0.3 is 5.32 Å². The van der Waals surface area contributed by atoms with Gasteiger partial charge in [-0.25, -0.2) is 0 Å². The van der Waals surface area contributed by atoms with Crippen LogP contribution < -0.4 is 5.32 Å². The van der Waals surface area contributed by atoms with E-state index in [2.05, 4.69) is 85.3 Å². The second-order valence-electron chi connectivity index (χ2n) is 5.74. The lowest BCUT2D eigenvalue weighted by molar-refractivity contribution is 0.595. The van der Waals surface area contributed by atoms with Crippen LogP contribution in [-0.2, 0) is 0 Å². The molecule has 1 unspecified atom stereocenters. The molecule has 0 aromatic heterocycles. The van der Waals surface area contributed by atoms with Crippen molar-refractivity contribution >= 4 is 15.9 Å². The molecule has 0 saturated carbocycles. The van der Waals surface area contributed by atoms with Gasteiger partial charge in [0, 0.05) is 4.47 Å². The second-order valence-corrected chi connectivity index (χ2v) is 6.65. The highest BCUT2D eigenvalue weighted by molar-refractivity contribution is 9.10. The van der Waals surface area contributed by atoms with Gasteiger partial charge in [0.05, 0.1) is 6.04 Å². The van der Waals surface area contributed by atoms with Gasteiger partial charge >= 0.3 is 0 Å². The normalized spacial score (nSPS) is 12.4. The molecule has 0 aliphatic rings. The standard InChI is InChI=1S/C19H24BrN/c1-5-9-21-19(16-7-6-8-17(20)12-16)18-11-14(3)13(2)10-15(18)4/h6-8,10-12,19,21H,5,9H2,1-4H3. The molecule has 0 aliphatic heterocycles. The molecular formula is C19H24BrN. The molecule has 2 aromatic carbocycles. The van der Waals surface area contributed by atoms with E-state index < -0.39 is 0 Å². The third-order valence-corrected chi connectivity index (χ3v) is 4.47. The topological polar surface area (TPSA) is 12.0 Å². The molecular weight excluding hydrogens is 322 g/mol. The summed E-state index contributed by atoms with van der Waals surface area (Å²) >= 11 is 3.59. The summed E-state index contributed by atoms with van der Waals surface area (Å²) in [5.74, 6) is 0. The van der Waals surface area contributed by atoms with E-state index in [1.165, 1.54) is 27.8 Å². The van der Waals surface area contributed by atoms with Gasteiger partial charge in [0.2, 0.25) is 0 Å². The van der Waals surface area contributed by atoms with Gasteiger partial charge in [-0.1, -0.05) is 47.1 Å². The second kappa shape index (κ2) is 7.24. The van der Waals surface area contributed by atoms with Crippen molar-refractivity contribution in [2.75, 3.05) is 6.54 Å². The highest BCUT2D eigenvalue weighted by Gasteiger charge is 2.16. The Labute approximate surface area is 136 Å². The molecule has 0 heterocycles. The summed E-state index contributed by atoms with van der Waals surface area (Å²) in [6.45, 7) is 9.80. The Hall–Kier alpha value is -1.12. The monoisotopic (exact) mass is 345 g/mol. The molecule has 2 aromatic rings. The first-order valence-electron chi connectivity index (χ1n) is 7.59. The third-order valence-electron chi connectivity index (χ3n) is 3.97. The molecule has 112 valence electrons. The Morgan fingerprint density at radius 1 is 1.00 bits per heavy atom. The lowest BCUT2D eigenvalue weighted by atomic mass is 9.91. The maximum Gasteiger partial charge on any atom is 0.0579 e. The smallest absolute Gasteiger partial charge is 0.0579 e. The van der Waals surface area contributed by atoms with E-state index in [9.17, 15) is 0 Å². The Balaban J connectivity index is 2.47. The molecule has 0 fully saturated rings. The molecule has 1 N–H and O–H groups in total. The van der Waals surface area contributed by atoms with E-state index in [-0.39, 0.29) is 6.04 Å². The van der Waals surface area contributed by atoms with Crippen LogP contribution in [0.15, 0.2) is 40.9 Å². The molecule has 0 saturated heterocycles. The predicted molar refractivity (Wildman–Crippen MR) is 94.9 cm³/mol. The van der Waals surface area contributed by atoms with Crippen LogP contribution in [0.4, 0.5) is 0 Å². The molecule has 0 radical (unpaired) electrons. The van der Waals surface area contributed by atoms with Gasteiger partial charge in [0.25, 0.3) is 0 Å². The Morgan fingerprint density at radius 3 is 2.38 bits per heavy atom. The maximum absolute atomic E-state index is 3.70. The van der Waals surface area contributed by atoms with Crippen molar-refractivity contribution in [1.29, 1.82) is 0 Å². The zero-order chi connectivity index (χ0) is 15.4. The van der Waals surface area contributed by atoms with Crippen LogP contribution in [0.25, 0.3) is 0 Å². The van der Waals surface area contributed by atoms with E-state index in [1.54, 1.807) is 0 Å². The summed E-state index contributed by atoms with van der Waals surface area (Å²) in [7, 11) is 0. The van der Waals surface area contributed by atoms with E-state index in [4.69, 9.17) is 0 Å². The zero-order valence-electron chi connectivity index (χ0n) is 13.3. The van der Waals surface area contributed by atoms with E-state index >= 15 is 0 Å². The maximum atomic E-state index is 3.70. The van der Waals surface area contributed by atoms with Crippen LogP contribution in [0, 0.1) is 20.8 Å². The largest absolute Gasteiger partial charge is 0.306 e. The van der Waals surface area contributed by atoms with Crippen LogP contribution in [0.1, 0.15) is 47.2 Å². The summed E-state index contributed by atoms with van der Waals surface area (Å²) in [6, 6.07) is 13.5. The number of rotatable bonds is 5. The fourth-order valence-electron chi connectivity index (χ4n) is 2.68. The number of hydrogen-bond acceptors (Lipinski definition) is 1. The SMILES string of the molecule is CCCNC(c1cccc(Br)c1)c1cc(C)c(C)cc1C. The third kappa shape index (κ3) is 3.96. The first-order chi connectivity index (χ1) is 10.0. The van der Waals surface area contributed by atoms with Crippen molar-refractivity contribution in [3.63, 3.8) is 0 Å². The Bertz CT molecular complexity index is 619. The minimum atomic E-state index is 0.252. The van der Waals surface area contributed by atoms with E-state index in [0.29, 0.717) is 0 Å². The summed E-state index contributed by atoms with van der Waals surface area (Å²) in [4.78, 5) is 0. The summed E-state index contributed by atoms with van der Waals surface area (Å²) in [6.07, 6.45) is 1.13. The molecule has 0 spiro atoms. The quantitative estimate of drug-likeness (QED) is 0.758. The van der Waals surface area contributed by atoms with Crippen molar-refractivity contribution in [1.82, 2.24) is 5.32 Å². The average molecular weight is 346 g/mol. The number of aryl methyl sites for hydroxylation is 3. The fraction of sp³-hybridized carbons (Fsp3) is 0.368.